The molecule has 0 saturated heterocycles. The monoisotopic (exact) mass is 385 g/mol. The molecule has 0 atom stereocenters. The summed E-state index contributed by atoms with van der Waals surface area (Å²) in [6.07, 6.45) is 6.48. The van der Waals surface area contributed by atoms with Gasteiger partial charge in [0.15, 0.2) is 0 Å². The second-order valence-electron chi connectivity index (χ2n) is 5.62. The maximum Gasteiger partial charge on any atom is 0.276 e. The molecule has 0 saturated carbocycles. The van der Waals surface area contributed by atoms with Crippen molar-refractivity contribution in [1.82, 2.24) is 14.4 Å². The first-order valence-electron chi connectivity index (χ1n) is 7.75. The number of aryl methyl sites for hydroxylation is 1. The van der Waals surface area contributed by atoms with Crippen molar-refractivity contribution in [1.29, 1.82) is 0 Å². The van der Waals surface area contributed by atoms with Crippen molar-refractivity contribution in [2.24, 2.45) is 5.10 Å². The number of imidazole rings is 1. The lowest BCUT2D eigenvalue weighted by molar-refractivity contribution is -0.385. The van der Waals surface area contributed by atoms with E-state index in [4.69, 9.17) is 0 Å². The van der Waals surface area contributed by atoms with Gasteiger partial charge in [-0.15, -0.1) is 0 Å². The molecule has 2 aromatic carbocycles. The highest BCUT2D eigenvalue weighted by Gasteiger charge is 2.19. The van der Waals surface area contributed by atoms with Crippen LogP contribution in [-0.4, -0.2) is 29.1 Å². The number of nitrogens with one attached hydrogen (secondary N) is 1. The minimum Gasteiger partial charge on any atom is -0.306 e. The van der Waals surface area contributed by atoms with Crippen LogP contribution >= 0.6 is 0 Å². The SMILES string of the molecule is Cc1ccc(S(=O)(=O)N/N=C/c2ccc(-n3ccnc3)cc2)cc1[N+](=O)[O-]. The van der Waals surface area contributed by atoms with Crippen LogP contribution in [0.25, 0.3) is 5.69 Å². The van der Waals surface area contributed by atoms with E-state index in [-0.39, 0.29) is 10.6 Å². The van der Waals surface area contributed by atoms with E-state index in [1.165, 1.54) is 25.3 Å². The van der Waals surface area contributed by atoms with Crippen LogP contribution < -0.4 is 4.83 Å². The third kappa shape index (κ3) is 4.18. The number of hydrogen-bond acceptors (Lipinski definition) is 6. The number of nitrogens with zero attached hydrogens (tertiary/aromatic N) is 4. The lowest BCUT2D eigenvalue weighted by Crippen LogP contribution is -2.18. The van der Waals surface area contributed by atoms with E-state index < -0.39 is 14.9 Å². The van der Waals surface area contributed by atoms with Crippen molar-refractivity contribution in [3.05, 3.63) is 82.4 Å². The number of aromatic nitrogens is 2. The summed E-state index contributed by atoms with van der Waals surface area (Å²) in [6.45, 7) is 1.54. The van der Waals surface area contributed by atoms with Crippen molar-refractivity contribution in [3.8, 4) is 5.69 Å². The Labute approximate surface area is 155 Å². The third-order valence-corrected chi connectivity index (χ3v) is 4.99. The molecule has 138 valence electrons. The molecule has 0 aliphatic carbocycles. The Bertz CT molecular complexity index is 1090. The second kappa shape index (κ2) is 7.38. The lowest BCUT2D eigenvalue weighted by Gasteiger charge is -2.05. The van der Waals surface area contributed by atoms with Crippen LogP contribution in [-0.2, 0) is 10.0 Å². The minimum absolute atomic E-state index is 0.229. The standard InChI is InChI=1S/C17H15N5O4S/c1-13-2-7-16(10-17(13)22(23)24)27(25,26)20-19-11-14-3-5-15(6-4-14)21-9-8-18-12-21/h2-12,20H,1H3/b19-11+. The number of nitro benzene ring substituents is 1. The predicted octanol–water partition coefficient (Wildman–Crippen LogP) is 2.40. The first kappa shape index (κ1) is 18.3. The van der Waals surface area contributed by atoms with Gasteiger partial charge in [-0.3, -0.25) is 10.1 Å². The number of benzene rings is 2. The Morgan fingerprint density at radius 2 is 1.96 bits per heavy atom. The fourth-order valence-electron chi connectivity index (χ4n) is 2.32. The summed E-state index contributed by atoms with van der Waals surface area (Å²) in [6, 6.07) is 10.9. The zero-order chi connectivity index (χ0) is 19.4. The third-order valence-electron chi connectivity index (χ3n) is 3.77. The Kier molecular flexibility index (Phi) is 4.99. The van der Waals surface area contributed by atoms with Crippen LogP contribution in [0.5, 0.6) is 0 Å². The number of sulfonamides is 1. The van der Waals surface area contributed by atoms with E-state index >= 15 is 0 Å². The van der Waals surface area contributed by atoms with E-state index in [0.29, 0.717) is 11.1 Å². The van der Waals surface area contributed by atoms with Crippen LogP contribution in [0.3, 0.4) is 0 Å². The highest BCUT2D eigenvalue weighted by molar-refractivity contribution is 7.89. The smallest absolute Gasteiger partial charge is 0.276 e. The van der Waals surface area contributed by atoms with Gasteiger partial charge in [-0.25, -0.2) is 9.82 Å². The van der Waals surface area contributed by atoms with E-state index in [9.17, 15) is 18.5 Å². The molecule has 0 fully saturated rings. The second-order valence-corrected chi connectivity index (χ2v) is 7.28. The quantitative estimate of drug-likeness (QED) is 0.397. The summed E-state index contributed by atoms with van der Waals surface area (Å²) >= 11 is 0. The Balaban J connectivity index is 1.73. The molecule has 9 nitrogen and oxygen atoms in total. The summed E-state index contributed by atoms with van der Waals surface area (Å²) < 4.78 is 26.3. The molecule has 3 rings (SSSR count). The van der Waals surface area contributed by atoms with Crippen molar-refractivity contribution in [3.63, 3.8) is 0 Å². The normalized spacial score (nSPS) is 11.6. The molecule has 0 aliphatic heterocycles. The van der Waals surface area contributed by atoms with Gasteiger partial charge in [0.05, 0.1) is 22.4 Å². The average molecular weight is 385 g/mol. The van der Waals surface area contributed by atoms with Gasteiger partial charge in [0, 0.05) is 29.7 Å². The van der Waals surface area contributed by atoms with Crippen LogP contribution in [0, 0.1) is 17.0 Å². The molecule has 0 bridgehead atoms. The van der Waals surface area contributed by atoms with E-state index in [1.54, 1.807) is 30.9 Å². The summed E-state index contributed by atoms with van der Waals surface area (Å²) in [5.41, 5.74) is 1.69. The van der Waals surface area contributed by atoms with E-state index in [2.05, 4.69) is 14.9 Å². The number of hydrazone groups is 1. The minimum atomic E-state index is -4.01. The highest BCUT2D eigenvalue weighted by atomic mass is 32.2. The first-order chi connectivity index (χ1) is 12.9. The summed E-state index contributed by atoms with van der Waals surface area (Å²) in [4.78, 5) is 16.1. The fourth-order valence-corrected chi connectivity index (χ4v) is 3.13. The van der Waals surface area contributed by atoms with Crippen molar-refractivity contribution in [2.75, 3.05) is 0 Å². The summed E-state index contributed by atoms with van der Waals surface area (Å²) in [5, 5.41) is 14.7. The number of nitro groups is 1. The van der Waals surface area contributed by atoms with Crippen LogP contribution in [0.2, 0.25) is 0 Å². The van der Waals surface area contributed by atoms with Gasteiger partial charge in [0.1, 0.15) is 0 Å². The van der Waals surface area contributed by atoms with Crippen LogP contribution in [0.1, 0.15) is 11.1 Å². The maximum atomic E-state index is 12.3. The summed E-state index contributed by atoms with van der Waals surface area (Å²) in [5.74, 6) is 0. The molecule has 0 aliphatic rings. The molecule has 1 aromatic heterocycles. The highest BCUT2D eigenvalue weighted by Crippen LogP contribution is 2.22. The molecule has 0 radical (unpaired) electrons. The molecule has 3 aromatic rings. The average Bonchev–Trinajstić information content (AvgIpc) is 3.17. The molecule has 0 unspecified atom stereocenters. The molecular weight excluding hydrogens is 370 g/mol. The van der Waals surface area contributed by atoms with Gasteiger partial charge < -0.3 is 4.57 Å². The molecule has 10 heteroatoms. The molecule has 0 spiro atoms. The molecule has 1 heterocycles. The van der Waals surface area contributed by atoms with Crippen molar-refractivity contribution >= 4 is 21.9 Å². The van der Waals surface area contributed by atoms with Gasteiger partial charge in [-0.2, -0.15) is 13.5 Å². The van der Waals surface area contributed by atoms with Gasteiger partial charge in [-0.05, 0) is 30.7 Å². The van der Waals surface area contributed by atoms with Crippen molar-refractivity contribution < 1.29 is 13.3 Å². The van der Waals surface area contributed by atoms with Crippen LogP contribution in [0.15, 0.2) is 71.2 Å². The van der Waals surface area contributed by atoms with Gasteiger partial charge >= 0.3 is 0 Å². The number of rotatable bonds is 6. The predicted molar refractivity (Wildman–Crippen MR) is 99.3 cm³/mol. The van der Waals surface area contributed by atoms with Crippen LogP contribution in [0.4, 0.5) is 5.69 Å². The number of hydrogen-bond donors (Lipinski definition) is 1. The van der Waals surface area contributed by atoms with Crippen molar-refractivity contribution in [2.45, 2.75) is 11.8 Å². The molecular formula is C17H15N5O4S. The largest absolute Gasteiger partial charge is 0.306 e. The Morgan fingerprint density at radius 3 is 2.59 bits per heavy atom. The van der Waals surface area contributed by atoms with Gasteiger partial charge in [0.2, 0.25) is 0 Å². The Hall–Kier alpha value is -3.53. The van der Waals surface area contributed by atoms with E-state index in [0.717, 1.165) is 11.8 Å². The van der Waals surface area contributed by atoms with E-state index in [1.807, 2.05) is 16.7 Å². The zero-order valence-electron chi connectivity index (χ0n) is 14.2. The topological polar surface area (TPSA) is 119 Å². The maximum absolute atomic E-state index is 12.3. The molecule has 0 amide bonds. The first-order valence-corrected chi connectivity index (χ1v) is 9.23. The Morgan fingerprint density at radius 1 is 1.22 bits per heavy atom. The van der Waals surface area contributed by atoms with Gasteiger partial charge in [0.25, 0.3) is 15.7 Å². The van der Waals surface area contributed by atoms with Gasteiger partial charge in [-0.1, -0.05) is 18.2 Å². The fraction of sp³-hybridized carbons (Fsp3) is 0.0588. The summed E-state index contributed by atoms with van der Waals surface area (Å²) in [7, 11) is -4.01. The molecule has 27 heavy (non-hydrogen) atoms. The molecule has 1 N–H and O–H groups in total. The zero-order valence-corrected chi connectivity index (χ0v) is 15.0. The lowest BCUT2D eigenvalue weighted by atomic mass is 10.2.